The van der Waals surface area contributed by atoms with Gasteiger partial charge in [0.25, 0.3) is 5.91 Å². The first-order chi connectivity index (χ1) is 15.3. The molecule has 2 heterocycles. The summed E-state index contributed by atoms with van der Waals surface area (Å²) in [5.41, 5.74) is 9.26. The van der Waals surface area contributed by atoms with Gasteiger partial charge in [-0.3, -0.25) is 14.4 Å². The summed E-state index contributed by atoms with van der Waals surface area (Å²) in [5, 5.41) is 12.4. The first-order valence-electron chi connectivity index (χ1n) is 10.8. The van der Waals surface area contributed by atoms with E-state index in [1.165, 1.54) is 0 Å². The molecule has 2 aromatic rings. The number of likely N-dealkylation sites (tertiary alicyclic amines) is 1. The maximum absolute atomic E-state index is 12.7. The topological polar surface area (TPSA) is 116 Å². The van der Waals surface area contributed by atoms with E-state index in [4.69, 9.17) is 5.73 Å². The Kier molecular flexibility index (Phi) is 6.14. The van der Waals surface area contributed by atoms with Crippen LogP contribution in [0.4, 0.5) is 5.69 Å². The number of phenolic OH excluding ortho intramolecular Hbond substituents is 1. The third-order valence-corrected chi connectivity index (χ3v) is 6.28. The highest BCUT2D eigenvalue weighted by Gasteiger charge is 2.28. The van der Waals surface area contributed by atoms with Crippen molar-refractivity contribution in [1.82, 2.24) is 10.2 Å². The van der Waals surface area contributed by atoms with E-state index < -0.39 is 6.04 Å². The predicted molar refractivity (Wildman–Crippen MR) is 120 cm³/mol. The minimum Gasteiger partial charge on any atom is -0.508 e. The molecule has 1 atom stereocenters. The van der Waals surface area contributed by atoms with Gasteiger partial charge in [-0.05, 0) is 54.7 Å². The Morgan fingerprint density at radius 3 is 2.53 bits per heavy atom. The molecule has 0 spiro atoms. The van der Waals surface area contributed by atoms with E-state index in [1.807, 2.05) is 6.07 Å². The van der Waals surface area contributed by atoms with Gasteiger partial charge in [-0.1, -0.05) is 18.2 Å². The Morgan fingerprint density at radius 1 is 1.16 bits per heavy atom. The summed E-state index contributed by atoms with van der Waals surface area (Å²) in [5.74, 6) is -0.0695. The third-order valence-electron chi connectivity index (χ3n) is 6.28. The highest BCUT2D eigenvalue weighted by atomic mass is 16.3. The van der Waals surface area contributed by atoms with Gasteiger partial charge in [0.1, 0.15) is 5.75 Å². The van der Waals surface area contributed by atoms with Crippen LogP contribution in [0.3, 0.4) is 0 Å². The Morgan fingerprint density at radius 2 is 1.84 bits per heavy atom. The van der Waals surface area contributed by atoms with Gasteiger partial charge in [-0.2, -0.15) is 0 Å². The zero-order chi connectivity index (χ0) is 22.8. The van der Waals surface area contributed by atoms with Gasteiger partial charge in [0.15, 0.2) is 0 Å². The van der Waals surface area contributed by atoms with Gasteiger partial charge < -0.3 is 26.0 Å². The monoisotopic (exact) mass is 436 g/mol. The van der Waals surface area contributed by atoms with Gasteiger partial charge in [-0.25, -0.2) is 0 Å². The standard InChI is InChI=1S/C24H28N4O4/c1-27-21-13-17(5-4-16(21)14-22(27)30)23(31)26-18-8-10-28(11-9-18)24(32)20(25)12-15-2-6-19(29)7-3-15/h2-7,13,18,20,29H,8-12,14,25H2,1H3,(H,26,31)/t20-/m0/s1. The second-order valence-electron chi connectivity index (χ2n) is 8.52. The van der Waals surface area contributed by atoms with Crippen molar-refractivity contribution >= 4 is 23.4 Å². The minimum atomic E-state index is -0.642. The third kappa shape index (κ3) is 4.60. The van der Waals surface area contributed by atoms with Crippen LogP contribution in [0, 0.1) is 0 Å². The lowest BCUT2D eigenvalue weighted by Crippen LogP contribution is -2.51. The quantitative estimate of drug-likeness (QED) is 0.651. The molecule has 1 fully saturated rings. The number of amides is 3. The van der Waals surface area contributed by atoms with Crippen LogP contribution in [0.5, 0.6) is 5.75 Å². The van der Waals surface area contributed by atoms with Gasteiger partial charge in [0, 0.05) is 37.4 Å². The average Bonchev–Trinajstić information content (AvgIpc) is 3.08. The SMILES string of the molecule is CN1C(=O)Cc2ccc(C(=O)NC3CCN(C(=O)[C@@H](N)Cc4ccc(O)cc4)CC3)cc21. The van der Waals surface area contributed by atoms with E-state index >= 15 is 0 Å². The number of likely N-dealkylation sites (N-methyl/N-ethyl adjacent to an activating group) is 1. The van der Waals surface area contributed by atoms with Crippen molar-refractivity contribution in [3.8, 4) is 5.75 Å². The van der Waals surface area contributed by atoms with Gasteiger partial charge >= 0.3 is 0 Å². The molecular formula is C24H28N4O4. The molecule has 0 aromatic heterocycles. The fourth-order valence-electron chi connectivity index (χ4n) is 4.30. The Bertz CT molecular complexity index is 1030. The van der Waals surface area contributed by atoms with Crippen LogP contribution in [0.1, 0.15) is 34.3 Å². The number of carbonyl (C=O) groups excluding carboxylic acids is 3. The molecule has 2 aliphatic rings. The highest BCUT2D eigenvalue weighted by Crippen LogP contribution is 2.28. The number of phenols is 1. The molecule has 8 heteroatoms. The number of piperidine rings is 1. The number of anilines is 1. The molecule has 8 nitrogen and oxygen atoms in total. The summed E-state index contributed by atoms with van der Waals surface area (Å²) >= 11 is 0. The molecule has 0 saturated carbocycles. The van der Waals surface area contributed by atoms with Gasteiger partial charge in [0.2, 0.25) is 11.8 Å². The number of hydrogen-bond acceptors (Lipinski definition) is 5. The van der Waals surface area contributed by atoms with E-state index in [2.05, 4.69) is 5.32 Å². The molecule has 3 amide bonds. The van der Waals surface area contributed by atoms with Crippen LogP contribution < -0.4 is 16.0 Å². The molecule has 0 aliphatic carbocycles. The number of aromatic hydroxyl groups is 1. The van der Waals surface area contributed by atoms with Crippen LogP contribution in [0.15, 0.2) is 42.5 Å². The van der Waals surface area contributed by atoms with Crippen molar-refractivity contribution in [3.05, 3.63) is 59.2 Å². The van der Waals surface area contributed by atoms with E-state index in [0.717, 1.165) is 16.8 Å². The number of carbonyl (C=O) groups is 3. The number of fused-ring (bicyclic) bond motifs is 1. The number of hydrogen-bond donors (Lipinski definition) is 3. The highest BCUT2D eigenvalue weighted by molar-refractivity contribution is 6.03. The molecule has 0 radical (unpaired) electrons. The van der Waals surface area contributed by atoms with E-state index in [-0.39, 0.29) is 29.5 Å². The molecule has 1 saturated heterocycles. The van der Waals surface area contributed by atoms with Gasteiger partial charge in [-0.15, -0.1) is 0 Å². The lowest BCUT2D eigenvalue weighted by atomic mass is 10.0. The van der Waals surface area contributed by atoms with Crippen molar-refractivity contribution in [2.45, 2.75) is 37.8 Å². The summed E-state index contributed by atoms with van der Waals surface area (Å²) in [6.07, 6.45) is 2.10. The van der Waals surface area contributed by atoms with Crippen molar-refractivity contribution < 1.29 is 19.5 Å². The van der Waals surface area contributed by atoms with Crippen LogP contribution in [-0.4, -0.2) is 59.9 Å². The van der Waals surface area contributed by atoms with Crippen molar-refractivity contribution in [2.75, 3.05) is 25.0 Å². The fourth-order valence-corrected chi connectivity index (χ4v) is 4.30. The average molecular weight is 437 g/mol. The first kappa shape index (κ1) is 21.8. The maximum atomic E-state index is 12.7. The fraction of sp³-hybridized carbons (Fsp3) is 0.375. The van der Waals surface area contributed by atoms with Crippen molar-refractivity contribution in [3.63, 3.8) is 0 Å². The molecule has 2 aliphatic heterocycles. The van der Waals surface area contributed by atoms with E-state index in [1.54, 1.807) is 53.2 Å². The second-order valence-corrected chi connectivity index (χ2v) is 8.52. The first-order valence-corrected chi connectivity index (χ1v) is 10.8. The molecule has 32 heavy (non-hydrogen) atoms. The van der Waals surface area contributed by atoms with Crippen LogP contribution in [0.25, 0.3) is 0 Å². The van der Waals surface area contributed by atoms with Crippen molar-refractivity contribution in [2.24, 2.45) is 5.73 Å². The molecule has 2 aromatic carbocycles. The second kappa shape index (κ2) is 9.00. The number of rotatable bonds is 5. The van der Waals surface area contributed by atoms with Crippen LogP contribution >= 0.6 is 0 Å². The summed E-state index contributed by atoms with van der Waals surface area (Å²) in [6, 6.07) is 11.4. The van der Waals surface area contributed by atoms with Crippen LogP contribution in [0.2, 0.25) is 0 Å². The predicted octanol–water partition coefficient (Wildman–Crippen LogP) is 1.20. The van der Waals surface area contributed by atoms with Crippen LogP contribution in [-0.2, 0) is 22.4 Å². The summed E-state index contributed by atoms with van der Waals surface area (Å²) in [6.45, 7) is 1.07. The molecular weight excluding hydrogens is 408 g/mol. The molecule has 0 unspecified atom stereocenters. The molecule has 0 bridgehead atoms. The lowest BCUT2D eigenvalue weighted by molar-refractivity contribution is -0.133. The molecule has 4 rings (SSSR count). The van der Waals surface area contributed by atoms with Crippen molar-refractivity contribution in [1.29, 1.82) is 0 Å². The van der Waals surface area contributed by atoms with E-state index in [9.17, 15) is 19.5 Å². The summed E-state index contributed by atoms with van der Waals surface area (Å²) in [4.78, 5) is 40.6. The minimum absolute atomic E-state index is 0.0208. The Hall–Kier alpha value is -3.39. The maximum Gasteiger partial charge on any atom is 0.251 e. The molecule has 4 N–H and O–H groups in total. The number of nitrogens with two attached hydrogens (primary N) is 1. The summed E-state index contributed by atoms with van der Waals surface area (Å²) < 4.78 is 0. The normalized spacial score (nSPS) is 17.2. The number of nitrogens with one attached hydrogen (secondary N) is 1. The Balaban J connectivity index is 1.28. The molecule has 168 valence electrons. The Labute approximate surface area is 187 Å². The zero-order valence-electron chi connectivity index (χ0n) is 18.1. The number of nitrogens with zero attached hydrogens (tertiary/aromatic N) is 2. The van der Waals surface area contributed by atoms with E-state index in [0.29, 0.717) is 44.3 Å². The zero-order valence-corrected chi connectivity index (χ0v) is 18.1. The smallest absolute Gasteiger partial charge is 0.251 e. The lowest BCUT2D eigenvalue weighted by Gasteiger charge is -2.34. The number of benzene rings is 2. The largest absolute Gasteiger partial charge is 0.508 e. The summed E-state index contributed by atoms with van der Waals surface area (Å²) in [7, 11) is 1.72. The van der Waals surface area contributed by atoms with Gasteiger partial charge in [0.05, 0.1) is 12.5 Å².